The molecule has 1 heterocycles. The Balaban J connectivity index is 1.71. The first kappa shape index (κ1) is 19.7. The molecule has 1 aromatic heterocycles. The average Bonchev–Trinajstić information content (AvgIpc) is 3.07. The zero-order chi connectivity index (χ0) is 19.8. The zero-order valence-corrected chi connectivity index (χ0v) is 16.4. The molecule has 0 aliphatic rings. The van der Waals surface area contributed by atoms with Gasteiger partial charge < -0.3 is 14.6 Å². The summed E-state index contributed by atoms with van der Waals surface area (Å²) in [6.45, 7) is 7.49. The maximum Gasteiger partial charge on any atom is 0.219 e. The Morgan fingerprint density at radius 2 is 2.00 bits per heavy atom. The molecule has 0 saturated heterocycles. The summed E-state index contributed by atoms with van der Waals surface area (Å²) in [4.78, 5) is 16.3. The number of hydrogen-bond acceptors (Lipinski definition) is 3. The highest BCUT2D eigenvalue weighted by Crippen LogP contribution is 2.20. The number of rotatable bonds is 10. The normalized spacial score (nSPS) is 10.8. The number of aromatic nitrogens is 2. The fourth-order valence-corrected chi connectivity index (χ4v) is 3.22. The quantitative estimate of drug-likeness (QED) is 0.545. The van der Waals surface area contributed by atoms with Gasteiger partial charge in [-0.15, -0.1) is 6.58 Å². The van der Waals surface area contributed by atoms with E-state index in [1.54, 1.807) is 0 Å². The standard InChI is InChI=1S/C23H27N3O2/c1-3-9-18-10-5-8-13-21(18)28-17-16-26-20-12-7-6-11-19(20)25-22(26)14-15-24-23(27)4-2/h3,5-8,10-13H,1,4,9,14-17H2,2H3,(H,24,27). The predicted molar refractivity (Wildman–Crippen MR) is 113 cm³/mol. The molecule has 0 spiro atoms. The van der Waals surface area contributed by atoms with Crippen molar-refractivity contribution in [3.05, 3.63) is 72.6 Å². The highest BCUT2D eigenvalue weighted by molar-refractivity contribution is 5.76. The van der Waals surface area contributed by atoms with Gasteiger partial charge in [-0.05, 0) is 30.2 Å². The van der Waals surface area contributed by atoms with Crippen LogP contribution in [-0.2, 0) is 24.2 Å². The molecule has 0 saturated carbocycles. The third-order valence-electron chi connectivity index (χ3n) is 4.63. The Bertz CT molecular complexity index is 946. The maximum atomic E-state index is 11.5. The number of imidazole rings is 1. The van der Waals surface area contributed by atoms with Crippen molar-refractivity contribution >= 4 is 16.9 Å². The number of amides is 1. The summed E-state index contributed by atoms with van der Waals surface area (Å²) in [6, 6.07) is 16.1. The number of para-hydroxylation sites is 3. The fourth-order valence-electron chi connectivity index (χ4n) is 3.22. The van der Waals surface area contributed by atoms with Crippen molar-refractivity contribution in [2.24, 2.45) is 0 Å². The lowest BCUT2D eigenvalue weighted by Gasteiger charge is -2.13. The van der Waals surface area contributed by atoms with E-state index in [1.807, 2.05) is 49.4 Å². The number of ether oxygens (including phenoxy) is 1. The summed E-state index contributed by atoms with van der Waals surface area (Å²) in [5.41, 5.74) is 3.18. The Hall–Kier alpha value is -3.08. The topological polar surface area (TPSA) is 56.1 Å². The van der Waals surface area contributed by atoms with Gasteiger partial charge in [0.05, 0.1) is 17.6 Å². The highest BCUT2D eigenvalue weighted by atomic mass is 16.5. The lowest BCUT2D eigenvalue weighted by Crippen LogP contribution is -2.25. The Morgan fingerprint density at radius 3 is 2.82 bits per heavy atom. The van der Waals surface area contributed by atoms with Crippen molar-refractivity contribution in [3.8, 4) is 5.75 Å². The molecule has 0 bridgehead atoms. The maximum absolute atomic E-state index is 11.5. The minimum Gasteiger partial charge on any atom is -0.491 e. The average molecular weight is 377 g/mol. The molecular weight excluding hydrogens is 350 g/mol. The Kier molecular flexibility index (Phi) is 6.84. The van der Waals surface area contributed by atoms with Crippen molar-refractivity contribution in [1.82, 2.24) is 14.9 Å². The number of carbonyl (C=O) groups excluding carboxylic acids is 1. The van der Waals surface area contributed by atoms with Crippen molar-refractivity contribution in [1.29, 1.82) is 0 Å². The molecule has 2 aromatic carbocycles. The molecule has 146 valence electrons. The van der Waals surface area contributed by atoms with Crippen LogP contribution in [-0.4, -0.2) is 28.6 Å². The van der Waals surface area contributed by atoms with Gasteiger partial charge in [0.2, 0.25) is 5.91 Å². The van der Waals surface area contributed by atoms with E-state index in [-0.39, 0.29) is 5.91 Å². The number of benzene rings is 2. The second-order valence-electron chi connectivity index (χ2n) is 6.57. The molecule has 5 nitrogen and oxygen atoms in total. The molecule has 0 aliphatic carbocycles. The van der Waals surface area contributed by atoms with Crippen molar-refractivity contribution in [2.45, 2.75) is 32.7 Å². The van der Waals surface area contributed by atoms with Gasteiger partial charge in [0.25, 0.3) is 0 Å². The molecule has 1 N–H and O–H groups in total. The summed E-state index contributed by atoms with van der Waals surface area (Å²) in [7, 11) is 0. The molecule has 0 atom stereocenters. The number of allylic oxidation sites excluding steroid dienone is 1. The largest absolute Gasteiger partial charge is 0.491 e. The van der Waals surface area contributed by atoms with Gasteiger partial charge >= 0.3 is 0 Å². The van der Waals surface area contributed by atoms with Gasteiger partial charge in [0.1, 0.15) is 18.2 Å². The number of nitrogens with one attached hydrogen (secondary N) is 1. The molecule has 3 aromatic rings. The highest BCUT2D eigenvalue weighted by Gasteiger charge is 2.11. The van der Waals surface area contributed by atoms with Gasteiger partial charge in [-0.2, -0.15) is 0 Å². The van der Waals surface area contributed by atoms with E-state index in [0.717, 1.165) is 34.6 Å². The first-order valence-electron chi connectivity index (χ1n) is 9.75. The van der Waals surface area contributed by atoms with E-state index in [4.69, 9.17) is 9.72 Å². The van der Waals surface area contributed by atoms with E-state index in [9.17, 15) is 4.79 Å². The molecule has 0 radical (unpaired) electrons. The molecule has 1 amide bonds. The molecule has 0 fully saturated rings. The lowest BCUT2D eigenvalue weighted by molar-refractivity contribution is -0.120. The van der Waals surface area contributed by atoms with E-state index in [1.165, 1.54) is 0 Å². The van der Waals surface area contributed by atoms with E-state index >= 15 is 0 Å². The SMILES string of the molecule is C=CCc1ccccc1OCCn1c(CCNC(=O)CC)nc2ccccc21. The lowest BCUT2D eigenvalue weighted by atomic mass is 10.1. The number of hydrogen-bond donors (Lipinski definition) is 1. The number of carbonyl (C=O) groups is 1. The predicted octanol–water partition coefficient (Wildman–Crippen LogP) is 3.91. The molecule has 28 heavy (non-hydrogen) atoms. The van der Waals surface area contributed by atoms with Gasteiger partial charge in [0.15, 0.2) is 0 Å². The van der Waals surface area contributed by atoms with Crippen molar-refractivity contribution < 1.29 is 9.53 Å². The molecule has 0 aliphatic heterocycles. The van der Waals surface area contributed by atoms with Crippen molar-refractivity contribution in [3.63, 3.8) is 0 Å². The van der Waals surface area contributed by atoms with Gasteiger partial charge in [-0.25, -0.2) is 4.98 Å². The summed E-state index contributed by atoms with van der Waals surface area (Å²) in [5.74, 6) is 1.91. The summed E-state index contributed by atoms with van der Waals surface area (Å²) < 4.78 is 8.24. The summed E-state index contributed by atoms with van der Waals surface area (Å²) in [6.07, 6.45) is 3.85. The van der Waals surface area contributed by atoms with Crippen LogP contribution in [0.15, 0.2) is 61.2 Å². The third kappa shape index (κ3) is 4.80. The summed E-state index contributed by atoms with van der Waals surface area (Å²) >= 11 is 0. The van der Waals surface area contributed by atoms with Gasteiger partial charge in [-0.3, -0.25) is 4.79 Å². The number of fused-ring (bicyclic) bond motifs is 1. The second-order valence-corrected chi connectivity index (χ2v) is 6.57. The van der Waals surface area contributed by atoms with Crippen LogP contribution in [0.25, 0.3) is 11.0 Å². The molecular formula is C23H27N3O2. The first-order valence-corrected chi connectivity index (χ1v) is 9.75. The minimum absolute atomic E-state index is 0.0600. The van der Waals surface area contributed by atoms with E-state index < -0.39 is 0 Å². The van der Waals surface area contributed by atoms with Crippen LogP contribution in [0.4, 0.5) is 0 Å². The Morgan fingerprint density at radius 1 is 1.21 bits per heavy atom. The van der Waals surface area contributed by atoms with Gasteiger partial charge in [-0.1, -0.05) is 43.3 Å². The van der Waals surface area contributed by atoms with Crippen LogP contribution in [0.3, 0.4) is 0 Å². The van der Waals surface area contributed by atoms with Crippen LogP contribution in [0.2, 0.25) is 0 Å². The second kappa shape index (κ2) is 9.74. The van der Waals surface area contributed by atoms with Crippen LogP contribution >= 0.6 is 0 Å². The fraction of sp³-hybridized carbons (Fsp3) is 0.304. The van der Waals surface area contributed by atoms with E-state index in [0.29, 0.717) is 32.5 Å². The summed E-state index contributed by atoms with van der Waals surface area (Å²) in [5, 5.41) is 2.92. The van der Waals surface area contributed by atoms with Gasteiger partial charge in [0, 0.05) is 19.4 Å². The molecule has 5 heteroatoms. The molecule has 0 unspecified atom stereocenters. The third-order valence-corrected chi connectivity index (χ3v) is 4.63. The Labute approximate surface area is 166 Å². The minimum atomic E-state index is 0.0600. The van der Waals surface area contributed by atoms with Crippen LogP contribution in [0.5, 0.6) is 5.75 Å². The van der Waals surface area contributed by atoms with Crippen molar-refractivity contribution in [2.75, 3.05) is 13.2 Å². The van der Waals surface area contributed by atoms with Crippen LogP contribution in [0, 0.1) is 0 Å². The first-order chi connectivity index (χ1) is 13.7. The monoisotopic (exact) mass is 377 g/mol. The molecule has 3 rings (SSSR count). The van der Waals surface area contributed by atoms with E-state index in [2.05, 4.69) is 28.6 Å². The van der Waals surface area contributed by atoms with Crippen LogP contribution in [0.1, 0.15) is 24.7 Å². The zero-order valence-electron chi connectivity index (χ0n) is 16.4. The smallest absolute Gasteiger partial charge is 0.219 e. The number of nitrogens with zero attached hydrogens (tertiary/aromatic N) is 2. The van der Waals surface area contributed by atoms with Crippen LogP contribution < -0.4 is 10.1 Å².